The Morgan fingerprint density at radius 3 is 2.45 bits per heavy atom. The SMILES string of the molecule is CN(C)CCN(C)C(=O)Nc1cc(Br)ccc1C(=O)O. The molecule has 0 aliphatic heterocycles. The lowest BCUT2D eigenvalue weighted by atomic mass is 10.2. The van der Waals surface area contributed by atoms with E-state index in [0.717, 1.165) is 6.54 Å². The Kier molecular flexibility index (Phi) is 5.97. The fourth-order valence-electron chi connectivity index (χ4n) is 1.47. The van der Waals surface area contributed by atoms with Gasteiger partial charge in [0.15, 0.2) is 0 Å². The second-order valence-electron chi connectivity index (χ2n) is 4.65. The fraction of sp³-hybridized carbons (Fsp3) is 0.385. The van der Waals surface area contributed by atoms with E-state index in [-0.39, 0.29) is 17.3 Å². The summed E-state index contributed by atoms with van der Waals surface area (Å²) in [5.74, 6) is -1.08. The maximum Gasteiger partial charge on any atom is 0.337 e. The lowest BCUT2D eigenvalue weighted by Crippen LogP contribution is -2.36. The van der Waals surface area contributed by atoms with Gasteiger partial charge in [-0.25, -0.2) is 9.59 Å². The molecule has 6 nitrogen and oxygen atoms in total. The van der Waals surface area contributed by atoms with Crippen molar-refractivity contribution in [2.45, 2.75) is 0 Å². The number of hydrogen-bond donors (Lipinski definition) is 2. The van der Waals surface area contributed by atoms with Crippen molar-refractivity contribution in [3.63, 3.8) is 0 Å². The summed E-state index contributed by atoms with van der Waals surface area (Å²) in [6.07, 6.45) is 0. The van der Waals surface area contributed by atoms with Crippen LogP contribution in [0.25, 0.3) is 0 Å². The lowest BCUT2D eigenvalue weighted by Gasteiger charge is -2.20. The van der Waals surface area contributed by atoms with Crippen LogP contribution in [-0.2, 0) is 0 Å². The largest absolute Gasteiger partial charge is 0.478 e. The molecular weight excluding hydrogens is 326 g/mol. The number of nitrogens with one attached hydrogen (secondary N) is 1. The number of carboxylic acid groups (broad SMARTS) is 1. The van der Waals surface area contributed by atoms with Gasteiger partial charge in [-0.05, 0) is 32.3 Å². The molecule has 2 N–H and O–H groups in total. The maximum atomic E-state index is 12.0. The first kappa shape index (κ1) is 16.5. The molecule has 0 aliphatic carbocycles. The van der Waals surface area contributed by atoms with Gasteiger partial charge in [-0.3, -0.25) is 0 Å². The van der Waals surface area contributed by atoms with E-state index in [4.69, 9.17) is 5.11 Å². The molecule has 0 aliphatic rings. The first-order valence-corrected chi connectivity index (χ1v) is 6.80. The minimum absolute atomic E-state index is 0.0579. The van der Waals surface area contributed by atoms with E-state index in [0.29, 0.717) is 11.0 Å². The van der Waals surface area contributed by atoms with Crippen LogP contribution in [0.4, 0.5) is 10.5 Å². The number of carbonyl (C=O) groups is 2. The third-order valence-electron chi connectivity index (χ3n) is 2.68. The first-order chi connectivity index (χ1) is 9.31. The number of hydrogen-bond acceptors (Lipinski definition) is 3. The van der Waals surface area contributed by atoms with Crippen molar-refractivity contribution < 1.29 is 14.7 Å². The van der Waals surface area contributed by atoms with Crippen LogP contribution in [0.1, 0.15) is 10.4 Å². The van der Waals surface area contributed by atoms with Gasteiger partial charge in [-0.2, -0.15) is 0 Å². The van der Waals surface area contributed by atoms with Gasteiger partial charge in [0, 0.05) is 24.6 Å². The Labute approximate surface area is 126 Å². The molecule has 1 aromatic carbocycles. The summed E-state index contributed by atoms with van der Waals surface area (Å²) < 4.78 is 0.703. The predicted octanol–water partition coefficient (Wildman–Crippen LogP) is 2.17. The van der Waals surface area contributed by atoms with Crippen molar-refractivity contribution in [1.29, 1.82) is 0 Å². The Morgan fingerprint density at radius 1 is 1.25 bits per heavy atom. The Bertz CT molecular complexity index is 506. The van der Waals surface area contributed by atoms with Crippen molar-refractivity contribution >= 4 is 33.6 Å². The van der Waals surface area contributed by atoms with Crippen LogP contribution >= 0.6 is 15.9 Å². The van der Waals surface area contributed by atoms with Gasteiger partial charge in [-0.15, -0.1) is 0 Å². The highest BCUT2D eigenvalue weighted by Crippen LogP contribution is 2.21. The minimum Gasteiger partial charge on any atom is -0.478 e. The number of benzene rings is 1. The summed E-state index contributed by atoms with van der Waals surface area (Å²) in [6, 6.07) is 4.30. The second-order valence-corrected chi connectivity index (χ2v) is 5.57. The van der Waals surface area contributed by atoms with E-state index in [9.17, 15) is 9.59 Å². The molecule has 0 saturated heterocycles. The molecule has 0 unspecified atom stereocenters. The van der Waals surface area contributed by atoms with Crippen LogP contribution in [0, 0.1) is 0 Å². The van der Waals surface area contributed by atoms with E-state index in [2.05, 4.69) is 21.2 Å². The second kappa shape index (κ2) is 7.25. The van der Waals surface area contributed by atoms with Gasteiger partial charge in [-0.1, -0.05) is 15.9 Å². The van der Waals surface area contributed by atoms with Gasteiger partial charge in [0.1, 0.15) is 0 Å². The standard InChI is InChI=1S/C13H18BrN3O3/c1-16(2)6-7-17(3)13(20)15-11-8-9(14)4-5-10(11)12(18)19/h4-5,8H,6-7H2,1-3H3,(H,15,20)(H,18,19). The summed E-state index contributed by atoms with van der Waals surface area (Å²) in [5, 5.41) is 11.7. The molecule has 20 heavy (non-hydrogen) atoms. The number of nitrogens with zero attached hydrogens (tertiary/aromatic N) is 2. The number of halogens is 1. The topological polar surface area (TPSA) is 72.9 Å². The van der Waals surface area contributed by atoms with Crippen molar-refractivity contribution in [3.05, 3.63) is 28.2 Å². The lowest BCUT2D eigenvalue weighted by molar-refractivity contribution is 0.0698. The molecule has 0 radical (unpaired) electrons. The van der Waals surface area contributed by atoms with Gasteiger partial charge in [0.25, 0.3) is 0 Å². The highest BCUT2D eigenvalue weighted by atomic mass is 79.9. The third kappa shape index (κ3) is 4.82. The molecule has 0 heterocycles. The van der Waals surface area contributed by atoms with E-state index in [1.807, 2.05) is 19.0 Å². The molecule has 0 spiro atoms. The molecule has 1 rings (SSSR count). The molecule has 1 aromatic rings. The zero-order valence-corrected chi connectivity index (χ0v) is 13.3. The number of rotatable bonds is 5. The Hall–Kier alpha value is -1.60. The Morgan fingerprint density at radius 2 is 1.90 bits per heavy atom. The molecule has 7 heteroatoms. The van der Waals surface area contributed by atoms with Gasteiger partial charge in [0.2, 0.25) is 0 Å². The van der Waals surface area contributed by atoms with Gasteiger partial charge < -0.3 is 20.2 Å². The van der Waals surface area contributed by atoms with E-state index in [1.54, 1.807) is 19.2 Å². The molecule has 0 aromatic heterocycles. The highest BCUT2D eigenvalue weighted by Gasteiger charge is 2.15. The number of likely N-dealkylation sites (N-methyl/N-ethyl adjacent to an activating group) is 2. The van der Waals surface area contributed by atoms with Gasteiger partial charge >= 0.3 is 12.0 Å². The fourth-order valence-corrected chi connectivity index (χ4v) is 1.83. The van der Waals surface area contributed by atoms with E-state index in [1.165, 1.54) is 11.0 Å². The van der Waals surface area contributed by atoms with Crippen LogP contribution in [0.5, 0.6) is 0 Å². The average Bonchev–Trinajstić information content (AvgIpc) is 2.35. The summed E-state index contributed by atoms with van der Waals surface area (Å²) in [6.45, 7) is 1.28. The molecule has 0 fully saturated rings. The summed E-state index contributed by atoms with van der Waals surface area (Å²) in [5.41, 5.74) is 0.330. The van der Waals surface area contributed by atoms with Crippen LogP contribution in [0.3, 0.4) is 0 Å². The molecule has 2 amide bonds. The summed E-state index contributed by atoms with van der Waals surface area (Å²) >= 11 is 3.26. The summed E-state index contributed by atoms with van der Waals surface area (Å²) in [4.78, 5) is 26.6. The minimum atomic E-state index is -1.08. The quantitative estimate of drug-likeness (QED) is 0.859. The zero-order valence-electron chi connectivity index (χ0n) is 11.7. The smallest absolute Gasteiger partial charge is 0.337 e. The highest BCUT2D eigenvalue weighted by molar-refractivity contribution is 9.10. The van der Waals surface area contributed by atoms with Crippen LogP contribution < -0.4 is 5.32 Å². The molecule has 0 saturated carbocycles. The van der Waals surface area contributed by atoms with Gasteiger partial charge in [0.05, 0.1) is 11.3 Å². The van der Waals surface area contributed by atoms with Crippen LogP contribution in [0.2, 0.25) is 0 Å². The van der Waals surface area contributed by atoms with Crippen molar-refractivity contribution in [2.75, 3.05) is 39.5 Å². The molecule has 0 atom stereocenters. The maximum absolute atomic E-state index is 12.0. The monoisotopic (exact) mass is 343 g/mol. The van der Waals surface area contributed by atoms with Crippen molar-refractivity contribution in [3.8, 4) is 0 Å². The predicted molar refractivity (Wildman–Crippen MR) is 81.3 cm³/mol. The normalized spacial score (nSPS) is 10.4. The van der Waals surface area contributed by atoms with Crippen LogP contribution in [0.15, 0.2) is 22.7 Å². The summed E-state index contributed by atoms with van der Waals surface area (Å²) in [7, 11) is 5.50. The number of anilines is 1. The molecule has 0 bridgehead atoms. The van der Waals surface area contributed by atoms with Crippen LogP contribution in [-0.4, -0.2) is 61.1 Å². The van der Waals surface area contributed by atoms with E-state index >= 15 is 0 Å². The van der Waals surface area contributed by atoms with Crippen molar-refractivity contribution in [2.24, 2.45) is 0 Å². The van der Waals surface area contributed by atoms with E-state index < -0.39 is 5.97 Å². The molecule has 110 valence electrons. The number of aromatic carboxylic acids is 1. The number of carboxylic acids is 1. The first-order valence-electron chi connectivity index (χ1n) is 6.01. The average molecular weight is 344 g/mol. The molecular formula is C13H18BrN3O3. The third-order valence-corrected chi connectivity index (χ3v) is 3.18. The Balaban J connectivity index is 2.79. The van der Waals surface area contributed by atoms with Crippen molar-refractivity contribution in [1.82, 2.24) is 9.80 Å². The number of urea groups is 1. The number of carbonyl (C=O) groups excluding carboxylic acids is 1. The number of amides is 2. The zero-order chi connectivity index (χ0) is 15.3.